The molecule has 3 amide bonds. The monoisotopic (exact) mass is 350 g/mol. The van der Waals surface area contributed by atoms with Crippen LogP contribution in [-0.2, 0) is 4.79 Å². The molecule has 0 atom stereocenters. The van der Waals surface area contributed by atoms with E-state index >= 15 is 0 Å². The van der Waals surface area contributed by atoms with Crippen LogP contribution in [0.15, 0.2) is 48.5 Å². The van der Waals surface area contributed by atoms with E-state index in [1.54, 1.807) is 48.5 Å². The molecular formula is C20H18N2O4. The first kappa shape index (κ1) is 17.5. The highest BCUT2D eigenvalue weighted by Crippen LogP contribution is 2.22. The number of rotatable bonds is 6. The van der Waals surface area contributed by atoms with E-state index in [1.807, 2.05) is 0 Å². The highest BCUT2D eigenvalue weighted by molar-refractivity contribution is 6.21. The van der Waals surface area contributed by atoms with Crippen LogP contribution in [0.3, 0.4) is 0 Å². The molecule has 3 rings (SSSR count). The summed E-state index contributed by atoms with van der Waals surface area (Å²) in [4.78, 5) is 48.9. The van der Waals surface area contributed by atoms with Crippen molar-refractivity contribution in [2.24, 2.45) is 0 Å². The topological polar surface area (TPSA) is 83.6 Å². The van der Waals surface area contributed by atoms with Gasteiger partial charge < -0.3 is 5.32 Å². The van der Waals surface area contributed by atoms with Gasteiger partial charge in [0.25, 0.3) is 11.8 Å². The third-order valence-corrected chi connectivity index (χ3v) is 4.24. The van der Waals surface area contributed by atoms with Crippen LogP contribution < -0.4 is 5.32 Å². The average Bonchev–Trinajstić information content (AvgIpc) is 2.87. The summed E-state index contributed by atoms with van der Waals surface area (Å²) in [6.07, 6.45) is 0.560. The quantitative estimate of drug-likeness (QED) is 0.641. The minimum absolute atomic E-state index is 0.0381. The van der Waals surface area contributed by atoms with Crippen molar-refractivity contribution in [2.45, 2.75) is 19.8 Å². The Labute approximate surface area is 150 Å². The van der Waals surface area contributed by atoms with Crippen molar-refractivity contribution in [1.29, 1.82) is 0 Å². The Bertz CT molecular complexity index is 852. The van der Waals surface area contributed by atoms with E-state index in [-0.39, 0.29) is 36.5 Å². The molecule has 0 aliphatic carbocycles. The van der Waals surface area contributed by atoms with E-state index in [0.29, 0.717) is 28.8 Å². The number of fused-ring (bicyclic) bond motifs is 1. The van der Waals surface area contributed by atoms with Crippen molar-refractivity contribution in [1.82, 2.24) is 4.90 Å². The lowest BCUT2D eigenvalue weighted by Gasteiger charge is -2.13. The number of nitrogens with zero attached hydrogens (tertiary/aromatic N) is 1. The van der Waals surface area contributed by atoms with Crippen LogP contribution in [0.1, 0.15) is 50.8 Å². The zero-order valence-corrected chi connectivity index (χ0v) is 14.3. The number of ketones is 1. The van der Waals surface area contributed by atoms with Gasteiger partial charge in [0.15, 0.2) is 5.78 Å². The highest BCUT2D eigenvalue weighted by Gasteiger charge is 2.34. The van der Waals surface area contributed by atoms with E-state index in [2.05, 4.69) is 5.32 Å². The number of Topliss-reactive ketones (excluding diaryl/α,β-unsaturated/α-hetero) is 1. The normalized spacial score (nSPS) is 12.9. The van der Waals surface area contributed by atoms with Gasteiger partial charge >= 0.3 is 0 Å². The summed E-state index contributed by atoms with van der Waals surface area (Å²) in [5, 5.41) is 2.73. The smallest absolute Gasteiger partial charge is 0.261 e. The predicted octanol–water partition coefficient (Wildman–Crippen LogP) is 2.90. The van der Waals surface area contributed by atoms with Crippen LogP contribution in [-0.4, -0.2) is 34.9 Å². The lowest BCUT2D eigenvalue weighted by molar-refractivity contribution is -0.116. The second kappa shape index (κ2) is 7.31. The molecule has 0 saturated heterocycles. The van der Waals surface area contributed by atoms with Gasteiger partial charge in [0.05, 0.1) is 11.1 Å². The summed E-state index contributed by atoms with van der Waals surface area (Å²) in [6, 6.07) is 13.3. The lowest BCUT2D eigenvalue weighted by atomic mass is 10.1. The second-order valence-corrected chi connectivity index (χ2v) is 6.09. The van der Waals surface area contributed by atoms with Gasteiger partial charge in [0.2, 0.25) is 5.91 Å². The molecule has 1 aliphatic heterocycles. The Morgan fingerprint density at radius 1 is 0.923 bits per heavy atom. The molecule has 0 bridgehead atoms. The summed E-state index contributed by atoms with van der Waals surface area (Å²) in [7, 11) is 0. The molecule has 2 aromatic rings. The minimum atomic E-state index is -0.314. The largest absolute Gasteiger partial charge is 0.326 e. The molecule has 0 aromatic heterocycles. The van der Waals surface area contributed by atoms with E-state index in [4.69, 9.17) is 0 Å². The fraction of sp³-hybridized carbons (Fsp3) is 0.200. The van der Waals surface area contributed by atoms with Crippen molar-refractivity contribution < 1.29 is 19.2 Å². The summed E-state index contributed by atoms with van der Waals surface area (Å²) >= 11 is 0. The van der Waals surface area contributed by atoms with Crippen LogP contribution in [0.5, 0.6) is 0 Å². The molecule has 0 radical (unpaired) electrons. The highest BCUT2D eigenvalue weighted by atomic mass is 16.2. The lowest BCUT2D eigenvalue weighted by Crippen LogP contribution is -2.31. The first-order chi connectivity index (χ1) is 12.5. The molecule has 1 N–H and O–H groups in total. The number of amides is 3. The van der Waals surface area contributed by atoms with Gasteiger partial charge in [0.1, 0.15) is 0 Å². The number of hydrogen-bond acceptors (Lipinski definition) is 4. The summed E-state index contributed by atoms with van der Waals surface area (Å²) in [5.41, 5.74) is 1.99. The van der Waals surface area contributed by atoms with Crippen LogP contribution in [0.25, 0.3) is 0 Å². The van der Waals surface area contributed by atoms with Crippen LogP contribution >= 0.6 is 0 Å². The van der Waals surface area contributed by atoms with Gasteiger partial charge in [-0.05, 0) is 49.7 Å². The van der Waals surface area contributed by atoms with Crippen molar-refractivity contribution in [3.8, 4) is 0 Å². The summed E-state index contributed by atoms with van der Waals surface area (Å²) < 4.78 is 0. The number of hydrogen-bond donors (Lipinski definition) is 1. The van der Waals surface area contributed by atoms with E-state index < -0.39 is 0 Å². The Kier molecular flexibility index (Phi) is 4.93. The Hall–Kier alpha value is -3.28. The fourth-order valence-corrected chi connectivity index (χ4v) is 2.85. The maximum atomic E-state index is 12.2. The standard InChI is InChI=1S/C20H18N2O4/c1-13(23)14-8-10-15(11-9-14)21-18(24)7-4-12-22-19(25)16-5-2-3-6-17(16)20(22)26/h2-3,5-6,8-11H,4,7,12H2,1H3,(H,21,24). The average molecular weight is 350 g/mol. The van der Waals surface area contributed by atoms with Crippen molar-refractivity contribution in [3.63, 3.8) is 0 Å². The first-order valence-electron chi connectivity index (χ1n) is 8.33. The van der Waals surface area contributed by atoms with Gasteiger partial charge in [0, 0.05) is 24.2 Å². The van der Waals surface area contributed by atoms with Crippen LogP contribution in [0.4, 0.5) is 5.69 Å². The molecule has 6 nitrogen and oxygen atoms in total. The molecule has 2 aromatic carbocycles. The number of anilines is 1. The molecule has 26 heavy (non-hydrogen) atoms. The molecule has 132 valence electrons. The maximum absolute atomic E-state index is 12.2. The molecule has 1 aliphatic rings. The molecule has 0 saturated carbocycles. The summed E-state index contributed by atoms with van der Waals surface area (Å²) in [5.74, 6) is -0.877. The van der Waals surface area contributed by atoms with Crippen molar-refractivity contribution in [2.75, 3.05) is 11.9 Å². The predicted molar refractivity (Wildman–Crippen MR) is 96.1 cm³/mol. The van der Waals surface area contributed by atoms with E-state index in [0.717, 1.165) is 0 Å². The molecule has 0 fully saturated rings. The zero-order valence-electron chi connectivity index (χ0n) is 14.3. The number of carbonyl (C=O) groups is 4. The second-order valence-electron chi connectivity index (χ2n) is 6.09. The number of nitrogens with one attached hydrogen (secondary N) is 1. The molecule has 6 heteroatoms. The molecule has 1 heterocycles. The third-order valence-electron chi connectivity index (χ3n) is 4.24. The zero-order chi connectivity index (χ0) is 18.7. The maximum Gasteiger partial charge on any atom is 0.261 e. The van der Waals surface area contributed by atoms with Crippen molar-refractivity contribution in [3.05, 3.63) is 65.2 Å². The van der Waals surface area contributed by atoms with Crippen LogP contribution in [0.2, 0.25) is 0 Å². The van der Waals surface area contributed by atoms with Gasteiger partial charge in [-0.25, -0.2) is 0 Å². The van der Waals surface area contributed by atoms with E-state index in [9.17, 15) is 19.2 Å². The fourth-order valence-electron chi connectivity index (χ4n) is 2.85. The van der Waals surface area contributed by atoms with E-state index in [1.165, 1.54) is 11.8 Å². The Morgan fingerprint density at radius 3 is 2.04 bits per heavy atom. The SMILES string of the molecule is CC(=O)c1ccc(NC(=O)CCCN2C(=O)c3ccccc3C2=O)cc1. The minimum Gasteiger partial charge on any atom is -0.326 e. The Morgan fingerprint density at radius 2 is 1.50 bits per heavy atom. The van der Waals surface area contributed by atoms with Crippen molar-refractivity contribution >= 4 is 29.2 Å². The molecular weight excluding hydrogens is 332 g/mol. The molecule has 0 unspecified atom stereocenters. The number of benzene rings is 2. The van der Waals surface area contributed by atoms with Gasteiger partial charge in [-0.2, -0.15) is 0 Å². The van der Waals surface area contributed by atoms with Crippen LogP contribution in [0, 0.1) is 0 Å². The number of carbonyl (C=O) groups excluding carboxylic acids is 4. The Balaban J connectivity index is 1.51. The third kappa shape index (κ3) is 3.54. The molecule has 0 spiro atoms. The first-order valence-corrected chi connectivity index (χ1v) is 8.33. The van der Waals surface area contributed by atoms with Gasteiger partial charge in [-0.15, -0.1) is 0 Å². The van der Waals surface area contributed by atoms with Gasteiger partial charge in [-0.1, -0.05) is 12.1 Å². The number of imide groups is 1. The van der Waals surface area contributed by atoms with Gasteiger partial charge in [-0.3, -0.25) is 24.1 Å². The summed E-state index contributed by atoms with van der Waals surface area (Å²) in [6.45, 7) is 1.68.